The molecule has 0 aliphatic heterocycles. The lowest BCUT2D eigenvalue weighted by molar-refractivity contribution is 0.0999. The van der Waals surface area contributed by atoms with Crippen LogP contribution < -0.4 is 10.5 Å². The molecule has 0 aliphatic carbocycles. The average molecular weight is 235 g/mol. The van der Waals surface area contributed by atoms with Crippen LogP contribution in [0.2, 0.25) is 0 Å². The number of unbranched alkanes of at least 4 members (excludes halogenated alkanes) is 1. The van der Waals surface area contributed by atoms with E-state index in [1.807, 2.05) is 19.9 Å². The molecule has 0 bridgehead atoms. The molecule has 94 valence electrons. The molecule has 17 heavy (non-hydrogen) atoms. The molecule has 0 aliphatic rings. The minimum atomic E-state index is -0.357. The highest BCUT2D eigenvalue weighted by Crippen LogP contribution is 2.30. The Labute approximate surface area is 103 Å². The summed E-state index contributed by atoms with van der Waals surface area (Å²) in [6.07, 6.45) is 3.01. The molecule has 0 unspecified atom stereocenters. The van der Waals surface area contributed by atoms with Gasteiger partial charge in [0.2, 0.25) is 5.91 Å². The number of ether oxygens (including phenoxy) is 1. The molecular weight excluding hydrogens is 214 g/mol. The number of amides is 1. The van der Waals surface area contributed by atoms with Crippen LogP contribution in [-0.4, -0.2) is 13.0 Å². The average Bonchev–Trinajstić information content (AvgIpc) is 2.27. The highest BCUT2D eigenvalue weighted by atomic mass is 16.5. The van der Waals surface area contributed by atoms with Crippen molar-refractivity contribution < 1.29 is 9.53 Å². The summed E-state index contributed by atoms with van der Waals surface area (Å²) >= 11 is 0. The summed E-state index contributed by atoms with van der Waals surface area (Å²) in [5.41, 5.74) is 9.09. The quantitative estimate of drug-likeness (QED) is 0.853. The first-order chi connectivity index (χ1) is 8.02. The van der Waals surface area contributed by atoms with Crippen molar-refractivity contribution in [3.63, 3.8) is 0 Å². The van der Waals surface area contributed by atoms with Gasteiger partial charge in [0.1, 0.15) is 5.75 Å². The number of hydrogen-bond donors (Lipinski definition) is 1. The first-order valence-electron chi connectivity index (χ1n) is 5.99. The van der Waals surface area contributed by atoms with Crippen LogP contribution in [0.4, 0.5) is 0 Å². The lowest BCUT2D eigenvalue weighted by atomic mass is 9.93. The Morgan fingerprint density at radius 1 is 1.41 bits per heavy atom. The minimum absolute atomic E-state index is 0.357. The van der Waals surface area contributed by atoms with Crippen LogP contribution in [0.15, 0.2) is 6.07 Å². The summed E-state index contributed by atoms with van der Waals surface area (Å²) in [6.45, 7) is 6.05. The molecule has 3 heteroatoms. The van der Waals surface area contributed by atoms with Gasteiger partial charge in [-0.1, -0.05) is 13.3 Å². The second-order valence-electron chi connectivity index (χ2n) is 4.35. The molecule has 0 saturated carbocycles. The highest BCUT2D eigenvalue weighted by Gasteiger charge is 2.16. The highest BCUT2D eigenvalue weighted by molar-refractivity contribution is 5.95. The van der Waals surface area contributed by atoms with Crippen molar-refractivity contribution in [2.24, 2.45) is 5.73 Å². The zero-order chi connectivity index (χ0) is 13.0. The van der Waals surface area contributed by atoms with Gasteiger partial charge in [0, 0.05) is 5.56 Å². The summed E-state index contributed by atoms with van der Waals surface area (Å²) in [5, 5.41) is 0. The normalized spacial score (nSPS) is 10.4. The third-order valence-electron chi connectivity index (χ3n) is 3.09. The Balaban J connectivity index is 3.34. The third-order valence-corrected chi connectivity index (χ3v) is 3.09. The van der Waals surface area contributed by atoms with Gasteiger partial charge in [-0.25, -0.2) is 0 Å². The SMILES string of the molecule is CCCCc1c(C(N)=O)cc(C)c(OC)c1C. The number of hydrogen-bond acceptors (Lipinski definition) is 2. The zero-order valence-corrected chi connectivity index (χ0v) is 11.1. The third kappa shape index (κ3) is 2.78. The van der Waals surface area contributed by atoms with Gasteiger partial charge in [0.05, 0.1) is 7.11 Å². The maximum Gasteiger partial charge on any atom is 0.249 e. The molecule has 1 rings (SSSR count). The molecule has 3 nitrogen and oxygen atoms in total. The maximum atomic E-state index is 11.5. The van der Waals surface area contributed by atoms with Crippen molar-refractivity contribution >= 4 is 5.91 Å². The van der Waals surface area contributed by atoms with Crippen LogP contribution in [0.3, 0.4) is 0 Å². The molecule has 0 atom stereocenters. The van der Waals surface area contributed by atoms with E-state index in [0.717, 1.165) is 41.7 Å². The van der Waals surface area contributed by atoms with E-state index in [2.05, 4.69) is 6.92 Å². The van der Waals surface area contributed by atoms with Crippen molar-refractivity contribution in [1.82, 2.24) is 0 Å². The van der Waals surface area contributed by atoms with E-state index in [0.29, 0.717) is 5.56 Å². The molecule has 0 saturated heterocycles. The van der Waals surface area contributed by atoms with E-state index in [1.54, 1.807) is 7.11 Å². The van der Waals surface area contributed by atoms with Crippen LogP contribution in [0, 0.1) is 13.8 Å². The number of carbonyl (C=O) groups is 1. The van der Waals surface area contributed by atoms with Crippen molar-refractivity contribution in [3.8, 4) is 5.75 Å². The fourth-order valence-electron chi connectivity index (χ4n) is 2.21. The number of rotatable bonds is 5. The molecule has 1 amide bonds. The van der Waals surface area contributed by atoms with Crippen molar-refractivity contribution in [1.29, 1.82) is 0 Å². The van der Waals surface area contributed by atoms with Gasteiger partial charge in [-0.15, -0.1) is 0 Å². The number of nitrogens with two attached hydrogens (primary N) is 1. The van der Waals surface area contributed by atoms with Crippen LogP contribution in [0.5, 0.6) is 5.75 Å². The number of primary amides is 1. The van der Waals surface area contributed by atoms with Crippen molar-refractivity contribution in [2.75, 3.05) is 7.11 Å². The van der Waals surface area contributed by atoms with E-state index in [-0.39, 0.29) is 5.91 Å². The van der Waals surface area contributed by atoms with Crippen molar-refractivity contribution in [2.45, 2.75) is 40.0 Å². The van der Waals surface area contributed by atoms with Crippen molar-refractivity contribution in [3.05, 3.63) is 28.3 Å². The first kappa shape index (κ1) is 13.6. The van der Waals surface area contributed by atoms with E-state index in [4.69, 9.17) is 10.5 Å². The number of aryl methyl sites for hydroxylation is 1. The number of methoxy groups -OCH3 is 1. The molecular formula is C14H21NO2. The van der Waals surface area contributed by atoms with Gasteiger partial charge < -0.3 is 10.5 Å². The molecule has 0 radical (unpaired) electrons. The molecule has 1 aromatic rings. The van der Waals surface area contributed by atoms with Gasteiger partial charge in [0.25, 0.3) is 0 Å². The summed E-state index contributed by atoms with van der Waals surface area (Å²) in [7, 11) is 1.66. The van der Waals surface area contributed by atoms with Gasteiger partial charge in [-0.2, -0.15) is 0 Å². The fraction of sp³-hybridized carbons (Fsp3) is 0.500. The number of benzene rings is 1. The number of carbonyl (C=O) groups excluding carboxylic acids is 1. The summed E-state index contributed by atoms with van der Waals surface area (Å²) < 4.78 is 5.38. The second-order valence-corrected chi connectivity index (χ2v) is 4.35. The largest absolute Gasteiger partial charge is 0.496 e. The second kappa shape index (κ2) is 5.71. The Bertz CT molecular complexity index is 425. The Morgan fingerprint density at radius 2 is 2.06 bits per heavy atom. The van der Waals surface area contributed by atoms with E-state index in [9.17, 15) is 4.79 Å². The summed E-state index contributed by atoms with van der Waals surface area (Å²) in [6, 6.07) is 1.83. The van der Waals surface area contributed by atoms with Crippen LogP contribution in [0.25, 0.3) is 0 Å². The lowest BCUT2D eigenvalue weighted by Gasteiger charge is -2.16. The summed E-state index contributed by atoms with van der Waals surface area (Å²) in [4.78, 5) is 11.5. The van der Waals surface area contributed by atoms with Gasteiger partial charge in [-0.3, -0.25) is 4.79 Å². The maximum absolute atomic E-state index is 11.5. The fourth-order valence-corrected chi connectivity index (χ4v) is 2.21. The molecule has 0 spiro atoms. The molecule has 1 aromatic carbocycles. The van der Waals surface area contributed by atoms with Crippen LogP contribution in [-0.2, 0) is 6.42 Å². The smallest absolute Gasteiger partial charge is 0.249 e. The first-order valence-corrected chi connectivity index (χ1v) is 5.99. The molecule has 0 aromatic heterocycles. The lowest BCUT2D eigenvalue weighted by Crippen LogP contribution is -2.16. The topological polar surface area (TPSA) is 52.3 Å². The van der Waals surface area contributed by atoms with E-state index in [1.165, 1.54) is 0 Å². The Morgan fingerprint density at radius 3 is 2.53 bits per heavy atom. The predicted molar refractivity (Wildman–Crippen MR) is 69.6 cm³/mol. The molecule has 2 N–H and O–H groups in total. The van der Waals surface area contributed by atoms with E-state index < -0.39 is 0 Å². The molecule has 0 fully saturated rings. The standard InChI is InChI=1S/C14H21NO2/c1-5-6-7-11-10(3)13(17-4)9(2)8-12(11)14(15)16/h8H,5-7H2,1-4H3,(H2,15,16). The summed E-state index contributed by atoms with van der Waals surface area (Å²) in [5.74, 6) is 0.506. The van der Waals surface area contributed by atoms with E-state index >= 15 is 0 Å². The van der Waals surface area contributed by atoms with Gasteiger partial charge in [-0.05, 0) is 49.4 Å². The van der Waals surface area contributed by atoms with Gasteiger partial charge in [0.15, 0.2) is 0 Å². The van der Waals surface area contributed by atoms with Crippen LogP contribution >= 0.6 is 0 Å². The Hall–Kier alpha value is -1.51. The minimum Gasteiger partial charge on any atom is -0.496 e. The van der Waals surface area contributed by atoms with Gasteiger partial charge >= 0.3 is 0 Å². The Kier molecular flexibility index (Phi) is 4.55. The van der Waals surface area contributed by atoms with Crippen LogP contribution in [0.1, 0.15) is 46.8 Å². The zero-order valence-electron chi connectivity index (χ0n) is 11.1. The molecule has 0 heterocycles. The predicted octanol–water partition coefficient (Wildman–Crippen LogP) is 2.75. The monoisotopic (exact) mass is 235 g/mol.